The molecule has 0 fully saturated rings. The summed E-state index contributed by atoms with van der Waals surface area (Å²) in [6, 6.07) is 10.0. The molecule has 2 aromatic carbocycles. The monoisotopic (exact) mass is 405 g/mol. The highest BCUT2D eigenvalue weighted by molar-refractivity contribution is 6.31. The molecule has 1 aromatic heterocycles. The normalized spacial score (nSPS) is 11.1. The minimum Gasteiger partial charge on any atom is -0.330 e. The van der Waals surface area contributed by atoms with Crippen LogP contribution in [0.15, 0.2) is 36.4 Å². The summed E-state index contributed by atoms with van der Waals surface area (Å²) in [4.78, 5) is 15.0. The van der Waals surface area contributed by atoms with Crippen molar-refractivity contribution in [2.75, 3.05) is 6.54 Å². The van der Waals surface area contributed by atoms with E-state index in [4.69, 9.17) is 22.5 Å². The van der Waals surface area contributed by atoms with Crippen molar-refractivity contribution in [3.63, 3.8) is 0 Å². The van der Waals surface area contributed by atoms with Gasteiger partial charge in [0.15, 0.2) is 11.0 Å². The lowest BCUT2D eigenvalue weighted by molar-refractivity contribution is -0.678. The van der Waals surface area contributed by atoms with Gasteiger partial charge in [-0.15, -0.1) is 0 Å². The summed E-state index contributed by atoms with van der Waals surface area (Å²) in [5, 5.41) is 8.90. The smallest absolute Gasteiger partial charge is 0.274 e. The molecule has 0 aliphatic heterocycles. The quantitative estimate of drug-likeness (QED) is 0.201. The fourth-order valence-corrected chi connectivity index (χ4v) is 3.46. The third kappa shape index (κ3) is 4.49. The Morgan fingerprint density at radius 1 is 1.25 bits per heavy atom. The maximum atomic E-state index is 14.0. The number of H-pyrrole nitrogens is 1. The summed E-state index contributed by atoms with van der Waals surface area (Å²) in [5.74, 6) is -0.148. The molecule has 0 atom stereocenters. The fraction of sp³-hybridized carbons (Fsp3) is 0.300. The van der Waals surface area contributed by atoms with E-state index in [-0.39, 0.29) is 5.02 Å². The lowest BCUT2D eigenvalue weighted by atomic mass is 10.1. The maximum absolute atomic E-state index is 14.0. The molecule has 148 valence electrons. The number of aromatic nitrogens is 2. The summed E-state index contributed by atoms with van der Waals surface area (Å²) in [6.07, 6.45) is 3.35. The first-order valence-electron chi connectivity index (χ1n) is 9.16. The van der Waals surface area contributed by atoms with Crippen LogP contribution in [-0.2, 0) is 13.0 Å². The van der Waals surface area contributed by atoms with Gasteiger partial charge in [-0.1, -0.05) is 23.7 Å². The van der Waals surface area contributed by atoms with E-state index in [1.54, 1.807) is 29.7 Å². The molecule has 0 radical (unpaired) electrons. The van der Waals surface area contributed by atoms with Gasteiger partial charge in [0, 0.05) is 17.7 Å². The number of nitrogens with one attached hydrogen (secondary N) is 2. The molecule has 3 aromatic rings. The number of nitrogens with zero attached hydrogens (tertiary/aromatic N) is 1. The number of halogens is 2. The van der Waals surface area contributed by atoms with E-state index in [2.05, 4.69) is 4.98 Å². The van der Waals surface area contributed by atoms with Gasteiger partial charge in [-0.2, -0.15) is 0 Å². The van der Waals surface area contributed by atoms with E-state index in [9.17, 15) is 9.18 Å². The average Bonchev–Trinajstić information content (AvgIpc) is 3.01. The number of hydrogen-bond donors (Lipinski definition) is 4. The van der Waals surface area contributed by atoms with Crippen LogP contribution in [0, 0.1) is 5.82 Å². The Morgan fingerprint density at radius 3 is 2.82 bits per heavy atom. The number of carbonyl (C=O) groups is 1. The van der Waals surface area contributed by atoms with E-state index < -0.39 is 11.7 Å². The molecule has 0 aliphatic carbocycles. The number of hydroxylamine groups is 1. The van der Waals surface area contributed by atoms with Crippen LogP contribution < -0.4 is 15.8 Å². The van der Waals surface area contributed by atoms with Crippen molar-refractivity contribution in [3.05, 3.63) is 64.2 Å². The van der Waals surface area contributed by atoms with Gasteiger partial charge in [-0.3, -0.25) is 10.0 Å². The number of fused-ring (bicyclic) bond motifs is 1. The second kappa shape index (κ2) is 9.14. The predicted molar refractivity (Wildman–Crippen MR) is 105 cm³/mol. The number of amides is 1. The van der Waals surface area contributed by atoms with Crippen LogP contribution in [0.2, 0.25) is 5.02 Å². The zero-order chi connectivity index (χ0) is 20.1. The Kier molecular flexibility index (Phi) is 6.61. The lowest BCUT2D eigenvalue weighted by Gasteiger charge is -2.05. The van der Waals surface area contributed by atoms with Crippen LogP contribution in [-0.4, -0.2) is 22.6 Å². The van der Waals surface area contributed by atoms with Crippen molar-refractivity contribution < 1.29 is 19.0 Å². The summed E-state index contributed by atoms with van der Waals surface area (Å²) >= 11 is 5.94. The molecule has 0 unspecified atom stereocenters. The number of carbonyl (C=O) groups excluding carboxylic acids is 1. The first kappa shape index (κ1) is 20.3. The Bertz CT molecular complexity index is 990. The number of benzene rings is 2. The molecule has 3 rings (SSSR count). The van der Waals surface area contributed by atoms with E-state index >= 15 is 0 Å². The Morgan fingerprint density at radius 2 is 2.07 bits per heavy atom. The highest BCUT2D eigenvalue weighted by Crippen LogP contribution is 2.22. The number of nitrogens with two attached hydrogens (primary N) is 1. The fourth-order valence-electron chi connectivity index (χ4n) is 3.29. The molecular formula is C20H23ClFN4O2+. The molecule has 0 saturated heterocycles. The van der Waals surface area contributed by atoms with E-state index in [1.165, 1.54) is 6.07 Å². The van der Waals surface area contributed by atoms with E-state index in [0.29, 0.717) is 25.1 Å². The number of aryl methyl sites for hydroxylation is 1. The molecule has 0 aliphatic rings. The van der Waals surface area contributed by atoms with Crippen LogP contribution in [0.3, 0.4) is 0 Å². The van der Waals surface area contributed by atoms with E-state index in [0.717, 1.165) is 41.7 Å². The Labute approximate surface area is 167 Å². The Hall–Kier alpha value is -2.48. The third-order valence-corrected chi connectivity index (χ3v) is 4.97. The van der Waals surface area contributed by atoms with Gasteiger partial charge in [-0.05, 0) is 43.5 Å². The largest absolute Gasteiger partial charge is 0.330 e. The summed E-state index contributed by atoms with van der Waals surface area (Å²) in [5.41, 5.74) is 9.95. The van der Waals surface area contributed by atoms with Crippen molar-refractivity contribution in [2.24, 2.45) is 5.73 Å². The molecule has 1 heterocycles. The van der Waals surface area contributed by atoms with Crippen molar-refractivity contribution in [2.45, 2.75) is 32.2 Å². The first-order valence-corrected chi connectivity index (χ1v) is 9.54. The minimum absolute atomic E-state index is 0.0668. The van der Waals surface area contributed by atoms with Crippen molar-refractivity contribution in [1.29, 1.82) is 0 Å². The highest BCUT2D eigenvalue weighted by atomic mass is 35.5. The van der Waals surface area contributed by atoms with Gasteiger partial charge in [-0.25, -0.2) is 19.4 Å². The molecule has 1 amide bonds. The predicted octanol–water partition coefficient (Wildman–Crippen LogP) is 3.09. The van der Waals surface area contributed by atoms with E-state index in [1.807, 2.05) is 10.6 Å². The molecule has 28 heavy (non-hydrogen) atoms. The second-order valence-electron chi connectivity index (χ2n) is 6.67. The van der Waals surface area contributed by atoms with Gasteiger partial charge in [0.1, 0.15) is 5.82 Å². The van der Waals surface area contributed by atoms with Gasteiger partial charge in [0.25, 0.3) is 11.7 Å². The Balaban J connectivity index is 1.95. The highest BCUT2D eigenvalue weighted by Gasteiger charge is 2.21. The third-order valence-electron chi connectivity index (χ3n) is 4.68. The number of rotatable bonds is 8. The number of aromatic amines is 1. The summed E-state index contributed by atoms with van der Waals surface area (Å²) in [6.45, 7) is 1.36. The number of imidazole rings is 1. The maximum Gasteiger partial charge on any atom is 0.274 e. The topological polar surface area (TPSA) is 95.0 Å². The molecule has 5 N–H and O–H groups in total. The van der Waals surface area contributed by atoms with Gasteiger partial charge >= 0.3 is 0 Å². The van der Waals surface area contributed by atoms with Crippen molar-refractivity contribution in [3.8, 4) is 0 Å². The van der Waals surface area contributed by atoms with Gasteiger partial charge in [0.05, 0.1) is 18.0 Å². The van der Waals surface area contributed by atoms with Gasteiger partial charge < -0.3 is 5.73 Å². The van der Waals surface area contributed by atoms with Crippen LogP contribution >= 0.6 is 11.6 Å². The number of hydrogen-bond acceptors (Lipinski definition) is 3. The molecule has 0 saturated carbocycles. The van der Waals surface area contributed by atoms with Crippen molar-refractivity contribution >= 4 is 28.5 Å². The molecule has 0 bridgehead atoms. The average molecular weight is 406 g/mol. The second-order valence-corrected chi connectivity index (χ2v) is 7.08. The van der Waals surface area contributed by atoms with Crippen molar-refractivity contribution in [1.82, 2.24) is 10.5 Å². The van der Waals surface area contributed by atoms with Crippen LogP contribution in [0.1, 0.15) is 41.0 Å². The molecular weight excluding hydrogens is 383 g/mol. The minimum atomic E-state index is -0.568. The van der Waals surface area contributed by atoms with Crippen LogP contribution in [0.4, 0.5) is 4.39 Å². The molecule has 0 spiro atoms. The first-order chi connectivity index (χ1) is 13.5. The molecule has 6 nitrogen and oxygen atoms in total. The molecule has 8 heteroatoms. The zero-order valence-corrected chi connectivity index (χ0v) is 16.1. The summed E-state index contributed by atoms with van der Waals surface area (Å²) in [7, 11) is 0. The lowest BCUT2D eigenvalue weighted by Crippen LogP contribution is -2.37. The zero-order valence-electron chi connectivity index (χ0n) is 15.3. The number of unbranched alkanes of at least 4 members (excludes halogenated alkanes) is 2. The summed E-state index contributed by atoms with van der Waals surface area (Å²) < 4.78 is 16.1. The SMILES string of the molecule is NCCCCC[n+]1c(Cc2cccc(C(=O)NO)c2)[nH]c2cc(Cl)c(F)cc21. The van der Waals surface area contributed by atoms with Crippen LogP contribution in [0.25, 0.3) is 11.0 Å². The van der Waals surface area contributed by atoms with Gasteiger partial charge in [0.2, 0.25) is 0 Å². The standard InChI is InChI=1S/C20H22ClFN4O2/c21-15-11-17-18(12-16(15)22)26(8-3-1-2-7-23)19(24-17)10-13-5-4-6-14(9-13)20(27)25-28/h4-6,9,11-12H,1-3,7-8,10,23H2,(H2,25,27,28)/p+1. The van der Waals surface area contributed by atoms with Crippen LogP contribution in [0.5, 0.6) is 0 Å².